The molecule has 0 rings (SSSR count). The molecule has 0 aliphatic heterocycles. The van der Waals surface area contributed by atoms with Crippen LogP contribution in [0.4, 0.5) is 0 Å². The van der Waals surface area contributed by atoms with Gasteiger partial charge in [0.1, 0.15) is 6.04 Å². The van der Waals surface area contributed by atoms with E-state index in [-0.39, 0.29) is 12.0 Å². The van der Waals surface area contributed by atoms with Gasteiger partial charge < -0.3 is 4.74 Å². The van der Waals surface area contributed by atoms with Crippen molar-refractivity contribution in [1.29, 1.82) is 0 Å². The minimum atomic E-state index is -0.0696. The van der Waals surface area contributed by atoms with E-state index in [4.69, 9.17) is 4.74 Å². The second-order valence-corrected chi connectivity index (χ2v) is 5.03. The number of methoxy groups -OCH3 is 1. The molecule has 0 saturated carbocycles. The maximum Gasteiger partial charge on any atom is 0.323 e. The lowest BCUT2D eigenvalue weighted by Crippen LogP contribution is -2.47. The van der Waals surface area contributed by atoms with Gasteiger partial charge in [-0.25, -0.2) is 0 Å². The van der Waals surface area contributed by atoms with Gasteiger partial charge in [-0.2, -0.15) is 0 Å². The van der Waals surface area contributed by atoms with Crippen molar-refractivity contribution >= 4 is 5.97 Å². The van der Waals surface area contributed by atoms with Crippen LogP contribution in [0, 0.1) is 0 Å². The highest BCUT2D eigenvalue weighted by Gasteiger charge is 2.28. The zero-order valence-corrected chi connectivity index (χ0v) is 12.9. The lowest BCUT2D eigenvalue weighted by Gasteiger charge is -2.34. The van der Waals surface area contributed by atoms with Gasteiger partial charge in [0.2, 0.25) is 0 Å². The van der Waals surface area contributed by atoms with Crippen molar-refractivity contribution in [3.63, 3.8) is 0 Å². The van der Waals surface area contributed by atoms with Crippen molar-refractivity contribution in [1.82, 2.24) is 4.90 Å². The molecule has 0 spiro atoms. The van der Waals surface area contributed by atoms with Crippen molar-refractivity contribution in [2.45, 2.75) is 78.3 Å². The quantitative estimate of drug-likeness (QED) is 0.560. The van der Waals surface area contributed by atoms with E-state index < -0.39 is 0 Å². The summed E-state index contributed by atoms with van der Waals surface area (Å²) >= 11 is 0. The lowest BCUT2D eigenvalue weighted by molar-refractivity contribution is -0.148. The number of esters is 1. The second kappa shape index (κ2) is 10.4. The van der Waals surface area contributed by atoms with Crippen LogP contribution in [-0.4, -0.2) is 36.6 Å². The topological polar surface area (TPSA) is 29.5 Å². The third kappa shape index (κ3) is 5.85. The van der Waals surface area contributed by atoms with Crippen LogP contribution in [-0.2, 0) is 9.53 Å². The Hall–Kier alpha value is -0.570. The van der Waals surface area contributed by atoms with Crippen LogP contribution in [0.1, 0.15) is 66.2 Å². The summed E-state index contributed by atoms with van der Waals surface area (Å²) in [4.78, 5) is 14.3. The normalized spacial score (nSPS) is 14.6. The fourth-order valence-electron chi connectivity index (χ4n) is 2.21. The van der Waals surface area contributed by atoms with E-state index in [1.807, 2.05) is 0 Å². The van der Waals surface area contributed by atoms with Gasteiger partial charge in [0, 0.05) is 6.04 Å². The van der Waals surface area contributed by atoms with Crippen molar-refractivity contribution in [2.24, 2.45) is 0 Å². The second-order valence-electron chi connectivity index (χ2n) is 5.03. The van der Waals surface area contributed by atoms with Gasteiger partial charge in [0.25, 0.3) is 0 Å². The number of rotatable bonds is 10. The fourth-order valence-corrected chi connectivity index (χ4v) is 2.21. The largest absolute Gasteiger partial charge is 0.468 e. The van der Waals surface area contributed by atoms with E-state index in [2.05, 4.69) is 32.6 Å². The average Bonchev–Trinajstić information content (AvgIpc) is 2.40. The van der Waals surface area contributed by atoms with Crippen LogP contribution >= 0.6 is 0 Å². The Balaban J connectivity index is 4.75. The minimum absolute atomic E-state index is 0.0588. The van der Waals surface area contributed by atoms with Crippen LogP contribution < -0.4 is 0 Å². The SMILES string of the molecule is CCCCC(C(=O)OC)N(CCCC)C(C)CC. The first-order chi connectivity index (χ1) is 8.62. The average molecular weight is 257 g/mol. The molecule has 0 saturated heterocycles. The van der Waals surface area contributed by atoms with Crippen molar-refractivity contribution in [2.75, 3.05) is 13.7 Å². The lowest BCUT2D eigenvalue weighted by atomic mass is 10.0. The molecule has 0 radical (unpaired) electrons. The van der Waals surface area contributed by atoms with Gasteiger partial charge >= 0.3 is 5.97 Å². The van der Waals surface area contributed by atoms with E-state index >= 15 is 0 Å². The number of carbonyl (C=O) groups excluding carboxylic acids is 1. The highest BCUT2D eigenvalue weighted by molar-refractivity contribution is 5.75. The van der Waals surface area contributed by atoms with E-state index in [9.17, 15) is 4.79 Å². The number of ether oxygens (including phenoxy) is 1. The Morgan fingerprint density at radius 1 is 1.17 bits per heavy atom. The Kier molecular flexibility index (Phi) is 10.0. The molecule has 0 heterocycles. The van der Waals surface area contributed by atoms with Gasteiger partial charge in [-0.05, 0) is 32.7 Å². The third-order valence-electron chi connectivity index (χ3n) is 3.63. The summed E-state index contributed by atoms with van der Waals surface area (Å²) in [5.41, 5.74) is 0. The molecule has 0 aromatic carbocycles. The molecule has 0 N–H and O–H groups in total. The predicted octanol–water partition coefficient (Wildman–Crippen LogP) is 3.62. The van der Waals surface area contributed by atoms with E-state index in [0.717, 1.165) is 45.1 Å². The van der Waals surface area contributed by atoms with Crippen LogP contribution in [0.15, 0.2) is 0 Å². The van der Waals surface area contributed by atoms with E-state index in [0.29, 0.717) is 6.04 Å². The standard InChI is InChI=1S/C15H31NO2/c1-6-9-11-14(15(17)18-5)16(12-10-7-2)13(4)8-3/h13-14H,6-12H2,1-5H3. The molecule has 0 aliphatic rings. The zero-order valence-electron chi connectivity index (χ0n) is 12.9. The Labute approximate surface area is 113 Å². The van der Waals surface area contributed by atoms with Gasteiger partial charge in [-0.15, -0.1) is 0 Å². The maximum absolute atomic E-state index is 12.0. The summed E-state index contributed by atoms with van der Waals surface area (Å²) in [7, 11) is 1.50. The van der Waals surface area contributed by atoms with Gasteiger partial charge in [-0.1, -0.05) is 40.0 Å². The smallest absolute Gasteiger partial charge is 0.323 e. The Bertz CT molecular complexity index is 219. The van der Waals surface area contributed by atoms with Gasteiger partial charge in [-0.3, -0.25) is 9.69 Å². The van der Waals surface area contributed by atoms with Crippen molar-refractivity contribution in [3.05, 3.63) is 0 Å². The van der Waals surface area contributed by atoms with Gasteiger partial charge in [0.15, 0.2) is 0 Å². The first kappa shape index (κ1) is 17.4. The first-order valence-electron chi connectivity index (χ1n) is 7.45. The molecule has 0 aromatic heterocycles. The molecule has 0 aromatic rings. The summed E-state index contributed by atoms with van der Waals surface area (Å²) in [6.45, 7) is 9.73. The molecule has 0 fully saturated rings. The monoisotopic (exact) mass is 257 g/mol. The van der Waals surface area contributed by atoms with Crippen molar-refractivity contribution in [3.8, 4) is 0 Å². The molecule has 108 valence electrons. The van der Waals surface area contributed by atoms with Gasteiger partial charge in [0.05, 0.1) is 7.11 Å². The predicted molar refractivity (Wildman–Crippen MR) is 76.7 cm³/mol. The summed E-state index contributed by atoms with van der Waals surface area (Å²) in [5, 5.41) is 0. The van der Waals surface area contributed by atoms with Crippen LogP contribution in [0.2, 0.25) is 0 Å². The molecule has 3 nitrogen and oxygen atoms in total. The Morgan fingerprint density at radius 3 is 2.22 bits per heavy atom. The molecule has 0 amide bonds. The van der Waals surface area contributed by atoms with Crippen LogP contribution in [0.5, 0.6) is 0 Å². The number of hydrogen-bond donors (Lipinski definition) is 0. The molecule has 3 heteroatoms. The van der Waals surface area contributed by atoms with Crippen molar-refractivity contribution < 1.29 is 9.53 Å². The van der Waals surface area contributed by atoms with Crippen LogP contribution in [0.25, 0.3) is 0 Å². The third-order valence-corrected chi connectivity index (χ3v) is 3.63. The molecule has 0 aliphatic carbocycles. The highest BCUT2D eigenvalue weighted by atomic mass is 16.5. The number of nitrogens with zero attached hydrogens (tertiary/aromatic N) is 1. The maximum atomic E-state index is 12.0. The molecule has 2 unspecified atom stereocenters. The molecular formula is C15H31NO2. The molecule has 2 atom stereocenters. The molecule has 18 heavy (non-hydrogen) atoms. The summed E-state index contributed by atoms with van der Waals surface area (Å²) in [6.07, 6.45) is 6.49. The van der Waals surface area contributed by atoms with E-state index in [1.165, 1.54) is 7.11 Å². The summed E-state index contributed by atoms with van der Waals surface area (Å²) in [5.74, 6) is -0.0696. The number of hydrogen-bond acceptors (Lipinski definition) is 3. The number of unbranched alkanes of at least 4 members (excludes halogenated alkanes) is 2. The summed E-state index contributed by atoms with van der Waals surface area (Å²) < 4.78 is 4.98. The highest BCUT2D eigenvalue weighted by Crippen LogP contribution is 2.17. The molecule has 0 bridgehead atoms. The van der Waals surface area contributed by atoms with E-state index in [1.54, 1.807) is 0 Å². The fraction of sp³-hybridized carbons (Fsp3) is 0.933. The Morgan fingerprint density at radius 2 is 1.78 bits per heavy atom. The summed E-state index contributed by atoms with van der Waals surface area (Å²) in [6, 6.07) is 0.383. The zero-order chi connectivity index (χ0) is 14.0. The van der Waals surface area contributed by atoms with Crippen LogP contribution in [0.3, 0.4) is 0 Å². The molecular weight excluding hydrogens is 226 g/mol. The first-order valence-corrected chi connectivity index (χ1v) is 7.45. The number of carbonyl (C=O) groups is 1. The minimum Gasteiger partial charge on any atom is -0.468 e.